The van der Waals surface area contributed by atoms with Crippen molar-refractivity contribution in [3.8, 4) is 0 Å². The zero-order chi connectivity index (χ0) is 13.3. The van der Waals surface area contributed by atoms with Gasteiger partial charge in [0, 0.05) is 36.8 Å². The first-order chi connectivity index (χ1) is 8.45. The summed E-state index contributed by atoms with van der Waals surface area (Å²) in [6.07, 6.45) is 1.96. The molecule has 1 aliphatic rings. The van der Waals surface area contributed by atoms with Gasteiger partial charge in [-0.3, -0.25) is 4.79 Å². The molecule has 1 aromatic heterocycles. The van der Waals surface area contributed by atoms with E-state index in [1.54, 1.807) is 0 Å². The summed E-state index contributed by atoms with van der Waals surface area (Å²) in [6.45, 7) is 9.52. The lowest BCUT2D eigenvalue weighted by atomic mass is 9.99. The summed E-state index contributed by atoms with van der Waals surface area (Å²) in [6, 6.07) is 1.91. The predicted molar refractivity (Wildman–Crippen MR) is 75.8 cm³/mol. The molecule has 4 nitrogen and oxygen atoms in total. The molecule has 0 spiro atoms. The highest BCUT2D eigenvalue weighted by molar-refractivity contribution is 9.10. The van der Waals surface area contributed by atoms with Crippen LogP contribution in [0.1, 0.15) is 31.3 Å². The molecule has 1 saturated heterocycles. The third kappa shape index (κ3) is 2.47. The molecule has 5 heteroatoms. The van der Waals surface area contributed by atoms with Crippen molar-refractivity contribution in [2.45, 2.75) is 32.9 Å². The van der Waals surface area contributed by atoms with Crippen molar-refractivity contribution in [3.05, 3.63) is 22.4 Å². The zero-order valence-electron chi connectivity index (χ0n) is 11.2. The van der Waals surface area contributed by atoms with E-state index in [9.17, 15) is 4.79 Å². The zero-order valence-corrected chi connectivity index (χ0v) is 12.7. The number of carbonyl (C=O) groups is 1. The highest BCUT2D eigenvalue weighted by Gasteiger charge is 2.34. The van der Waals surface area contributed by atoms with Crippen LogP contribution >= 0.6 is 15.9 Å². The Balaban J connectivity index is 2.29. The molecule has 100 valence electrons. The summed E-state index contributed by atoms with van der Waals surface area (Å²) < 4.78 is 2.95. The van der Waals surface area contributed by atoms with Gasteiger partial charge in [-0.05, 0) is 42.8 Å². The number of hydrogen-bond donors (Lipinski definition) is 1. The van der Waals surface area contributed by atoms with E-state index >= 15 is 0 Å². The average molecular weight is 314 g/mol. The fourth-order valence-electron chi connectivity index (χ4n) is 2.41. The highest BCUT2D eigenvalue weighted by Crippen LogP contribution is 2.22. The fraction of sp³-hybridized carbons (Fsp3) is 0.615. The topological polar surface area (TPSA) is 37.3 Å². The van der Waals surface area contributed by atoms with Crippen LogP contribution in [0.5, 0.6) is 0 Å². The predicted octanol–water partition coefficient (Wildman–Crippen LogP) is 2.09. The van der Waals surface area contributed by atoms with Crippen molar-refractivity contribution in [1.29, 1.82) is 0 Å². The summed E-state index contributed by atoms with van der Waals surface area (Å²) in [7, 11) is 0. The van der Waals surface area contributed by atoms with Crippen LogP contribution in [0, 0.1) is 0 Å². The number of hydrogen-bond acceptors (Lipinski definition) is 2. The lowest BCUT2D eigenvalue weighted by Gasteiger charge is -2.42. The number of aryl methyl sites for hydroxylation is 1. The van der Waals surface area contributed by atoms with Gasteiger partial charge in [-0.2, -0.15) is 0 Å². The lowest BCUT2D eigenvalue weighted by Crippen LogP contribution is -2.60. The van der Waals surface area contributed by atoms with Gasteiger partial charge < -0.3 is 14.8 Å². The first kappa shape index (κ1) is 13.6. The Kier molecular flexibility index (Phi) is 3.82. The normalized spacial score (nSPS) is 19.0. The second kappa shape index (κ2) is 5.05. The maximum atomic E-state index is 12.7. The van der Waals surface area contributed by atoms with Gasteiger partial charge in [-0.25, -0.2) is 0 Å². The Morgan fingerprint density at radius 2 is 2.28 bits per heavy atom. The second-order valence-corrected chi connectivity index (χ2v) is 6.19. The molecule has 1 amide bonds. The van der Waals surface area contributed by atoms with Crippen molar-refractivity contribution in [2.75, 3.05) is 19.6 Å². The van der Waals surface area contributed by atoms with Crippen LogP contribution in [0.15, 0.2) is 16.7 Å². The number of aromatic nitrogens is 1. The standard InChI is InChI=1S/C13H20BrN3O/c1-4-16-8-10(14)7-11(16)12(18)17-6-5-15-9-13(17,2)3/h7-8,15H,4-6,9H2,1-3H3. The molecule has 2 heterocycles. The first-order valence-electron chi connectivity index (χ1n) is 6.34. The minimum Gasteiger partial charge on any atom is -0.343 e. The first-order valence-corrected chi connectivity index (χ1v) is 7.13. The number of nitrogens with one attached hydrogen (secondary N) is 1. The van der Waals surface area contributed by atoms with Crippen molar-refractivity contribution in [1.82, 2.24) is 14.8 Å². The third-order valence-electron chi connectivity index (χ3n) is 3.47. The number of amides is 1. The molecule has 2 rings (SSSR count). The van der Waals surface area contributed by atoms with Crippen molar-refractivity contribution >= 4 is 21.8 Å². The largest absolute Gasteiger partial charge is 0.343 e. The van der Waals surface area contributed by atoms with Crippen LogP contribution in [0.25, 0.3) is 0 Å². The molecule has 0 bridgehead atoms. The molecule has 0 aromatic carbocycles. The fourth-order valence-corrected chi connectivity index (χ4v) is 2.88. The van der Waals surface area contributed by atoms with Gasteiger partial charge in [-0.1, -0.05) is 0 Å². The van der Waals surface area contributed by atoms with Gasteiger partial charge in [-0.15, -0.1) is 0 Å². The van der Waals surface area contributed by atoms with E-state index in [1.807, 2.05) is 28.7 Å². The van der Waals surface area contributed by atoms with Crippen molar-refractivity contribution in [3.63, 3.8) is 0 Å². The molecule has 1 fully saturated rings. The maximum absolute atomic E-state index is 12.7. The van der Waals surface area contributed by atoms with Gasteiger partial charge in [0.1, 0.15) is 5.69 Å². The molecule has 0 unspecified atom stereocenters. The van der Waals surface area contributed by atoms with E-state index in [-0.39, 0.29) is 11.4 Å². The van der Waals surface area contributed by atoms with Crippen molar-refractivity contribution < 1.29 is 4.79 Å². The molecule has 0 saturated carbocycles. The van der Waals surface area contributed by atoms with E-state index in [0.29, 0.717) is 0 Å². The molecular weight excluding hydrogens is 294 g/mol. The van der Waals surface area contributed by atoms with Crippen LogP contribution in [-0.2, 0) is 6.54 Å². The maximum Gasteiger partial charge on any atom is 0.271 e. The average Bonchev–Trinajstić information content (AvgIpc) is 2.69. The van der Waals surface area contributed by atoms with E-state index < -0.39 is 0 Å². The summed E-state index contributed by atoms with van der Waals surface area (Å²) in [5, 5.41) is 3.34. The number of piperazine rings is 1. The van der Waals surface area contributed by atoms with Gasteiger partial charge in [0.25, 0.3) is 5.91 Å². The minimum atomic E-state index is -0.134. The van der Waals surface area contributed by atoms with Gasteiger partial charge in [0.2, 0.25) is 0 Å². The van der Waals surface area contributed by atoms with E-state index in [2.05, 4.69) is 35.1 Å². The highest BCUT2D eigenvalue weighted by atomic mass is 79.9. The van der Waals surface area contributed by atoms with Crippen LogP contribution in [0.2, 0.25) is 0 Å². The monoisotopic (exact) mass is 313 g/mol. The number of rotatable bonds is 2. The molecule has 0 aliphatic carbocycles. The minimum absolute atomic E-state index is 0.119. The van der Waals surface area contributed by atoms with Crippen LogP contribution in [-0.4, -0.2) is 40.5 Å². The summed E-state index contributed by atoms with van der Waals surface area (Å²) in [5.41, 5.74) is 0.629. The SMILES string of the molecule is CCn1cc(Br)cc1C(=O)N1CCNCC1(C)C. The second-order valence-electron chi connectivity index (χ2n) is 5.28. The van der Waals surface area contributed by atoms with Crippen LogP contribution in [0.3, 0.4) is 0 Å². The summed E-state index contributed by atoms with van der Waals surface area (Å²) in [5.74, 6) is 0.119. The van der Waals surface area contributed by atoms with Crippen molar-refractivity contribution in [2.24, 2.45) is 0 Å². The van der Waals surface area contributed by atoms with Crippen LogP contribution < -0.4 is 5.32 Å². The number of halogens is 1. The number of nitrogens with zero attached hydrogens (tertiary/aromatic N) is 2. The Morgan fingerprint density at radius 1 is 1.56 bits per heavy atom. The molecule has 0 atom stereocenters. The van der Waals surface area contributed by atoms with Gasteiger partial charge >= 0.3 is 0 Å². The Hall–Kier alpha value is -0.810. The quantitative estimate of drug-likeness (QED) is 0.908. The molecule has 0 radical (unpaired) electrons. The Morgan fingerprint density at radius 3 is 2.89 bits per heavy atom. The third-order valence-corrected chi connectivity index (χ3v) is 3.90. The summed E-state index contributed by atoms with van der Waals surface area (Å²) >= 11 is 3.44. The van der Waals surface area contributed by atoms with Crippen LogP contribution in [0.4, 0.5) is 0 Å². The van der Waals surface area contributed by atoms with Gasteiger partial charge in [0.05, 0.1) is 5.54 Å². The molecule has 1 N–H and O–H groups in total. The molecule has 1 aromatic rings. The molecule has 1 aliphatic heterocycles. The van der Waals surface area contributed by atoms with E-state index in [0.717, 1.165) is 36.3 Å². The lowest BCUT2D eigenvalue weighted by molar-refractivity contribution is 0.0466. The number of carbonyl (C=O) groups excluding carboxylic acids is 1. The van der Waals surface area contributed by atoms with E-state index in [4.69, 9.17) is 0 Å². The molecular formula is C13H20BrN3O. The summed E-state index contributed by atoms with van der Waals surface area (Å²) in [4.78, 5) is 14.6. The Labute approximate surface area is 116 Å². The Bertz CT molecular complexity index is 453. The molecule has 18 heavy (non-hydrogen) atoms. The smallest absolute Gasteiger partial charge is 0.271 e. The van der Waals surface area contributed by atoms with E-state index in [1.165, 1.54) is 0 Å². The van der Waals surface area contributed by atoms with Gasteiger partial charge in [0.15, 0.2) is 0 Å².